The molecule has 2 aromatic carbocycles. The topological polar surface area (TPSA) is 51.2 Å². The van der Waals surface area contributed by atoms with Crippen LogP contribution in [0.2, 0.25) is 0 Å². The largest absolute Gasteiger partial charge is 0.436 e. The molecule has 3 aromatic rings. The van der Waals surface area contributed by atoms with Gasteiger partial charge in [-0.1, -0.05) is 54.6 Å². The molecule has 0 fully saturated rings. The predicted molar refractivity (Wildman–Crippen MR) is 91.3 cm³/mol. The number of nitrogens with zero attached hydrogens (tertiary/aromatic N) is 1. The van der Waals surface area contributed by atoms with Crippen LogP contribution in [-0.4, -0.2) is 11.1 Å². The van der Waals surface area contributed by atoms with E-state index in [0.29, 0.717) is 6.54 Å². The number of amides is 1. The smallest absolute Gasteiger partial charge is 0.408 e. The van der Waals surface area contributed by atoms with Crippen LogP contribution in [-0.2, 0) is 11.3 Å². The van der Waals surface area contributed by atoms with Crippen molar-refractivity contribution in [1.29, 1.82) is 0 Å². The van der Waals surface area contributed by atoms with E-state index in [1.165, 1.54) is 0 Å². The quantitative estimate of drug-likeness (QED) is 0.792. The fourth-order valence-corrected chi connectivity index (χ4v) is 3.06. The fraction of sp³-hybridized carbons (Fsp3) is 0.100. The number of rotatable bonds is 3. The SMILES string of the molecule is O=C(NCc1cccnc1)OC1c2ccccc2-c2ccccc21. The van der Waals surface area contributed by atoms with Gasteiger partial charge >= 0.3 is 6.09 Å². The molecule has 0 saturated carbocycles. The van der Waals surface area contributed by atoms with Gasteiger partial charge in [0.1, 0.15) is 0 Å². The number of ether oxygens (including phenoxy) is 1. The summed E-state index contributed by atoms with van der Waals surface area (Å²) in [5.74, 6) is 0. The molecular weight excluding hydrogens is 300 g/mol. The summed E-state index contributed by atoms with van der Waals surface area (Å²) in [6.07, 6.45) is 2.62. The van der Waals surface area contributed by atoms with E-state index in [1.54, 1.807) is 12.4 Å². The molecule has 1 N–H and O–H groups in total. The van der Waals surface area contributed by atoms with Gasteiger partial charge in [0.25, 0.3) is 0 Å². The van der Waals surface area contributed by atoms with E-state index in [0.717, 1.165) is 27.8 Å². The Hall–Kier alpha value is -3.14. The van der Waals surface area contributed by atoms with Crippen molar-refractivity contribution < 1.29 is 9.53 Å². The van der Waals surface area contributed by atoms with Gasteiger partial charge < -0.3 is 10.1 Å². The van der Waals surface area contributed by atoms with E-state index in [4.69, 9.17) is 4.74 Å². The first-order valence-electron chi connectivity index (χ1n) is 7.84. The van der Waals surface area contributed by atoms with Gasteiger partial charge in [0.2, 0.25) is 0 Å². The van der Waals surface area contributed by atoms with E-state index < -0.39 is 6.09 Å². The highest BCUT2D eigenvalue weighted by Gasteiger charge is 2.30. The van der Waals surface area contributed by atoms with Crippen LogP contribution in [0, 0.1) is 0 Å². The van der Waals surface area contributed by atoms with E-state index in [-0.39, 0.29) is 6.10 Å². The first-order chi connectivity index (χ1) is 11.8. The summed E-state index contributed by atoms with van der Waals surface area (Å²) < 4.78 is 5.72. The van der Waals surface area contributed by atoms with Gasteiger partial charge in [0.15, 0.2) is 6.10 Å². The Morgan fingerprint density at radius 1 is 0.958 bits per heavy atom. The Morgan fingerprint density at radius 2 is 1.62 bits per heavy atom. The van der Waals surface area contributed by atoms with Gasteiger partial charge in [-0.05, 0) is 22.8 Å². The zero-order valence-electron chi connectivity index (χ0n) is 13.0. The van der Waals surface area contributed by atoms with Crippen LogP contribution in [0.1, 0.15) is 22.8 Å². The number of fused-ring (bicyclic) bond motifs is 3. The molecule has 0 spiro atoms. The van der Waals surface area contributed by atoms with Gasteiger partial charge in [0, 0.05) is 30.1 Å². The summed E-state index contributed by atoms with van der Waals surface area (Å²) in [7, 11) is 0. The van der Waals surface area contributed by atoms with Crippen molar-refractivity contribution >= 4 is 6.09 Å². The molecule has 0 radical (unpaired) electrons. The molecule has 4 heteroatoms. The van der Waals surface area contributed by atoms with Crippen LogP contribution < -0.4 is 5.32 Å². The third-order valence-corrected chi connectivity index (χ3v) is 4.16. The first kappa shape index (κ1) is 14.5. The lowest BCUT2D eigenvalue weighted by molar-refractivity contribution is 0.118. The molecular formula is C20H16N2O2. The highest BCUT2D eigenvalue weighted by molar-refractivity contribution is 5.79. The Labute approximate surface area is 140 Å². The number of aromatic nitrogens is 1. The zero-order valence-corrected chi connectivity index (χ0v) is 13.0. The molecule has 118 valence electrons. The van der Waals surface area contributed by atoms with Crippen molar-refractivity contribution in [3.63, 3.8) is 0 Å². The average molecular weight is 316 g/mol. The molecule has 0 saturated heterocycles. The molecule has 4 rings (SSSR count). The predicted octanol–water partition coefficient (Wildman–Crippen LogP) is 4.08. The monoisotopic (exact) mass is 316 g/mol. The highest BCUT2D eigenvalue weighted by atomic mass is 16.6. The Bertz CT molecular complexity index is 832. The highest BCUT2D eigenvalue weighted by Crippen LogP contribution is 2.44. The Balaban J connectivity index is 1.53. The van der Waals surface area contributed by atoms with Crippen molar-refractivity contribution in [2.75, 3.05) is 0 Å². The minimum Gasteiger partial charge on any atom is -0.436 e. The van der Waals surface area contributed by atoms with Crippen molar-refractivity contribution in [3.05, 3.63) is 89.7 Å². The number of carbonyl (C=O) groups is 1. The Kier molecular flexibility index (Phi) is 3.71. The summed E-state index contributed by atoms with van der Waals surface area (Å²) in [4.78, 5) is 16.3. The minimum atomic E-state index is -0.435. The summed E-state index contributed by atoms with van der Waals surface area (Å²) in [6, 6.07) is 19.8. The number of benzene rings is 2. The summed E-state index contributed by atoms with van der Waals surface area (Å²) >= 11 is 0. The van der Waals surface area contributed by atoms with Gasteiger partial charge in [-0.15, -0.1) is 0 Å². The maximum atomic E-state index is 12.2. The van der Waals surface area contributed by atoms with Crippen LogP contribution in [0.25, 0.3) is 11.1 Å². The lowest BCUT2D eigenvalue weighted by Gasteiger charge is -2.15. The zero-order chi connectivity index (χ0) is 16.4. The van der Waals surface area contributed by atoms with Crippen LogP contribution in [0.4, 0.5) is 4.79 Å². The van der Waals surface area contributed by atoms with Gasteiger partial charge in [0.05, 0.1) is 0 Å². The number of hydrogen-bond donors (Lipinski definition) is 1. The van der Waals surface area contributed by atoms with E-state index in [2.05, 4.69) is 22.4 Å². The number of pyridine rings is 1. The van der Waals surface area contributed by atoms with Crippen molar-refractivity contribution in [1.82, 2.24) is 10.3 Å². The molecule has 24 heavy (non-hydrogen) atoms. The molecule has 0 bridgehead atoms. The lowest BCUT2D eigenvalue weighted by atomic mass is 10.1. The lowest BCUT2D eigenvalue weighted by Crippen LogP contribution is -2.25. The van der Waals surface area contributed by atoms with E-state index in [9.17, 15) is 4.79 Å². The molecule has 0 unspecified atom stereocenters. The van der Waals surface area contributed by atoms with Gasteiger partial charge in [-0.25, -0.2) is 4.79 Å². The van der Waals surface area contributed by atoms with Crippen molar-refractivity contribution in [2.45, 2.75) is 12.6 Å². The Morgan fingerprint density at radius 3 is 2.25 bits per heavy atom. The molecule has 4 nitrogen and oxygen atoms in total. The van der Waals surface area contributed by atoms with Crippen molar-refractivity contribution in [3.8, 4) is 11.1 Å². The maximum absolute atomic E-state index is 12.2. The summed E-state index contributed by atoms with van der Waals surface area (Å²) in [5.41, 5.74) is 5.23. The standard InChI is InChI=1S/C20H16N2O2/c23-20(22-13-14-6-5-11-21-12-14)24-19-17-9-3-1-7-15(17)16-8-2-4-10-18(16)19/h1-12,19H,13H2,(H,22,23). The second kappa shape index (κ2) is 6.16. The van der Waals surface area contributed by atoms with Crippen LogP contribution in [0.5, 0.6) is 0 Å². The average Bonchev–Trinajstić information content (AvgIpc) is 2.95. The van der Waals surface area contributed by atoms with E-state index >= 15 is 0 Å². The summed E-state index contributed by atoms with van der Waals surface area (Å²) in [5, 5.41) is 2.79. The molecule has 1 aliphatic rings. The number of hydrogen-bond acceptors (Lipinski definition) is 3. The minimum absolute atomic E-state index is 0.369. The van der Waals surface area contributed by atoms with Crippen molar-refractivity contribution in [2.24, 2.45) is 0 Å². The van der Waals surface area contributed by atoms with Crippen LogP contribution >= 0.6 is 0 Å². The third-order valence-electron chi connectivity index (χ3n) is 4.16. The molecule has 0 aliphatic heterocycles. The number of nitrogens with one attached hydrogen (secondary N) is 1. The van der Waals surface area contributed by atoms with E-state index in [1.807, 2.05) is 48.5 Å². The summed E-state index contributed by atoms with van der Waals surface area (Å²) in [6.45, 7) is 0.392. The molecule has 1 aromatic heterocycles. The number of carbonyl (C=O) groups excluding carboxylic acids is 1. The molecule has 1 heterocycles. The first-order valence-corrected chi connectivity index (χ1v) is 7.84. The third kappa shape index (κ3) is 2.63. The van der Waals surface area contributed by atoms with Gasteiger partial charge in [-0.2, -0.15) is 0 Å². The molecule has 1 amide bonds. The number of alkyl carbamates (subject to hydrolysis) is 1. The second-order valence-electron chi connectivity index (χ2n) is 5.67. The van der Waals surface area contributed by atoms with Gasteiger partial charge in [-0.3, -0.25) is 4.98 Å². The fourth-order valence-electron chi connectivity index (χ4n) is 3.06. The normalized spacial score (nSPS) is 12.3. The maximum Gasteiger partial charge on any atom is 0.408 e. The molecule has 1 aliphatic carbocycles. The van der Waals surface area contributed by atoms with Crippen LogP contribution in [0.15, 0.2) is 73.1 Å². The molecule has 0 atom stereocenters. The van der Waals surface area contributed by atoms with Crippen LogP contribution in [0.3, 0.4) is 0 Å². The second-order valence-corrected chi connectivity index (χ2v) is 5.67.